The Morgan fingerprint density at radius 1 is 1.55 bits per heavy atom. The van der Waals surface area contributed by atoms with Crippen molar-refractivity contribution >= 4 is 5.82 Å². The minimum Gasteiger partial charge on any atom is -0.384 e. The fourth-order valence-corrected chi connectivity index (χ4v) is 2.65. The highest BCUT2D eigenvalue weighted by Gasteiger charge is 2.42. The van der Waals surface area contributed by atoms with E-state index in [4.69, 9.17) is 5.73 Å². The lowest BCUT2D eigenvalue weighted by atomic mass is 10.0. The van der Waals surface area contributed by atoms with E-state index in [1.165, 1.54) is 0 Å². The molecule has 20 heavy (non-hydrogen) atoms. The molecule has 0 aromatic carbocycles. The molecule has 0 bridgehead atoms. The lowest BCUT2D eigenvalue weighted by Crippen LogP contribution is -2.57. The Hall–Kier alpha value is -1.34. The lowest BCUT2D eigenvalue weighted by molar-refractivity contribution is -0.166. The topological polar surface area (TPSA) is 54.2 Å². The smallest absolute Gasteiger partial charge is 0.384 e. The Kier molecular flexibility index (Phi) is 4.49. The number of rotatable bonds is 3. The van der Waals surface area contributed by atoms with Gasteiger partial charge in [-0.3, -0.25) is 4.90 Å². The van der Waals surface area contributed by atoms with Crippen LogP contribution in [0, 0.1) is 0 Å². The van der Waals surface area contributed by atoms with Crippen molar-refractivity contribution in [1.82, 2.24) is 15.2 Å². The third kappa shape index (κ3) is 3.40. The molecule has 2 rings (SSSR count). The van der Waals surface area contributed by atoms with Crippen LogP contribution >= 0.6 is 0 Å². The van der Waals surface area contributed by atoms with Crippen LogP contribution in [0.3, 0.4) is 0 Å². The Labute approximate surface area is 116 Å². The molecule has 7 heteroatoms. The van der Waals surface area contributed by atoms with Crippen molar-refractivity contribution in [2.75, 3.05) is 25.4 Å². The summed E-state index contributed by atoms with van der Waals surface area (Å²) >= 11 is 0. The molecule has 0 radical (unpaired) electrons. The van der Waals surface area contributed by atoms with Gasteiger partial charge in [0.05, 0.1) is 0 Å². The lowest BCUT2D eigenvalue weighted by Gasteiger charge is -2.39. The van der Waals surface area contributed by atoms with E-state index in [1.54, 1.807) is 12.3 Å². The molecule has 3 N–H and O–H groups in total. The molecule has 112 valence electrons. The van der Waals surface area contributed by atoms with Gasteiger partial charge in [-0.1, -0.05) is 6.92 Å². The molecule has 1 saturated heterocycles. The van der Waals surface area contributed by atoms with Crippen LogP contribution in [0.4, 0.5) is 19.0 Å². The highest BCUT2D eigenvalue weighted by molar-refractivity contribution is 5.33. The molecule has 0 spiro atoms. The fourth-order valence-electron chi connectivity index (χ4n) is 2.65. The Bertz CT molecular complexity index is 449. The van der Waals surface area contributed by atoms with Crippen LogP contribution in [0.1, 0.15) is 24.9 Å². The zero-order valence-electron chi connectivity index (χ0n) is 11.3. The maximum Gasteiger partial charge on any atom is 0.405 e. The van der Waals surface area contributed by atoms with E-state index in [1.807, 2.05) is 17.9 Å². The summed E-state index contributed by atoms with van der Waals surface area (Å²) in [6.45, 7) is 2.85. The molecule has 0 saturated carbocycles. The third-order valence-electron chi connectivity index (χ3n) is 3.62. The SMILES string of the molecule is CCC(c1ccnc(N)c1)N1CCNC(C(F)(F)F)C1. The Balaban J connectivity index is 2.15. The van der Waals surface area contributed by atoms with Crippen molar-refractivity contribution in [3.63, 3.8) is 0 Å². The number of aromatic nitrogens is 1. The van der Waals surface area contributed by atoms with Crippen LogP contribution in [0.15, 0.2) is 18.3 Å². The second kappa shape index (κ2) is 5.97. The average Bonchev–Trinajstić information content (AvgIpc) is 2.39. The van der Waals surface area contributed by atoms with Crippen molar-refractivity contribution in [1.29, 1.82) is 0 Å². The van der Waals surface area contributed by atoms with Gasteiger partial charge in [-0.2, -0.15) is 13.2 Å². The zero-order chi connectivity index (χ0) is 14.8. The third-order valence-corrected chi connectivity index (χ3v) is 3.62. The molecule has 1 aliphatic rings. The Morgan fingerprint density at radius 2 is 2.30 bits per heavy atom. The van der Waals surface area contributed by atoms with E-state index >= 15 is 0 Å². The minimum atomic E-state index is -4.21. The average molecular weight is 288 g/mol. The molecule has 0 aliphatic carbocycles. The summed E-state index contributed by atoms with van der Waals surface area (Å²) in [5.74, 6) is 0.392. The molecular weight excluding hydrogens is 269 g/mol. The molecule has 4 nitrogen and oxygen atoms in total. The van der Waals surface area contributed by atoms with Crippen LogP contribution in [-0.4, -0.2) is 41.7 Å². The molecule has 2 atom stereocenters. The number of nitrogens with one attached hydrogen (secondary N) is 1. The standard InChI is InChI=1S/C13H19F3N4/c1-2-10(9-3-4-19-12(17)7-9)20-6-5-18-11(8-20)13(14,15)16/h3-4,7,10-11,18H,2,5-6,8H2,1H3,(H2,17,19). The second-order valence-corrected chi connectivity index (χ2v) is 4.98. The van der Waals surface area contributed by atoms with E-state index in [0.717, 1.165) is 12.0 Å². The van der Waals surface area contributed by atoms with Crippen molar-refractivity contribution in [3.8, 4) is 0 Å². The van der Waals surface area contributed by atoms with Crippen LogP contribution in [0.25, 0.3) is 0 Å². The number of alkyl halides is 3. The number of halogens is 3. The van der Waals surface area contributed by atoms with Crippen LogP contribution in [0.2, 0.25) is 0 Å². The van der Waals surface area contributed by atoms with Gasteiger partial charge in [0.25, 0.3) is 0 Å². The maximum atomic E-state index is 12.8. The summed E-state index contributed by atoms with van der Waals surface area (Å²) in [4.78, 5) is 5.79. The molecule has 1 fully saturated rings. The Morgan fingerprint density at radius 3 is 2.90 bits per heavy atom. The first-order valence-electron chi connectivity index (χ1n) is 6.67. The first kappa shape index (κ1) is 15.1. The van der Waals surface area contributed by atoms with Crippen molar-refractivity contribution < 1.29 is 13.2 Å². The molecule has 1 aromatic heterocycles. The second-order valence-electron chi connectivity index (χ2n) is 4.98. The van der Waals surface area contributed by atoms with Gasteiger partial charge in [0, 0.05) is 31.9 Å². The molecule has 0 amide bonds. The maximum absolute atomic E-state index is 12.8. The predicted molar refractivity (Wildman–Crippen MR) is 71.1 cm³/mol. The van der Waals surface area contributed by atoms with Gasteiger partial charge in [-0.05, 0) is 24.1 Å². The van der Waals surface area contributed by atoms with Gasteiger partial charge >= 0.3 is 6.18 Å². The van der Waals surface area contributed by atoms with Crippen molar-refractivity contribution in [2.45, 2.75) is 31.6 Å². The quantitative estimate of drug-likeness (QED) is 0.892. The van der Waals surface area contributed by atoms with Gasteiger partial charge in [-0.15, -0.1) is 0 Å². The number of nitrogen functional groups attached to an aromatic ring is 1. The molecule has 1 aliphatic heterocycles. The van der Waals surface area contributed by atoms with Crippen LogP contribution < -0.4 is 11.1 Å². The highest BCUT2D eigenvalue weighted by atomic mass is 19.4. The number of nitrogens with two attached hydrogens (primary N) is 1. The molecular formula is C13H19F3N4. The minimum absolute atomic E-state index is 0.0375. The number of nitrogens with zero attached hydrogens (tertiary/aromatic N) is 2. The number of pyridine rings is 1. The van der Waals surface area contributed by atoms with Gasteiger partial charge < -0.3 is 11.1 Å². The zero-order valence-corrected chi connectivity index (χ0v) is 11.3. The van der Waals surface area contributed by atoms with E-state index in [0.29, 0.717) is 18.9 Å². The van der Waals surface area contributed by atoms with Crippen molar-refractivity contribution in [2.24, 2.45) is 0 Å². The summed E-state index contributed by atoms with van der Waals surface area (Å²) in [5, 5.41) is 2.53. The summed E-state index contributed by atoms with van der Waals surface area (Å²) in [6, 6.07) is 2.02. The van der Waals surface area contributed by atoms with E-state index in [9.17, 15) is 13.2 Å². The number of hydrogen-bond donors (Lipinski definition) is 2. The van der Waals surface area contributed by atoms with Crippen molar-refractivity contribution in [3.05, 3.63) is 23.9 Å². The molecule has 2 heterocycles. The molecule has 1 aromatic rings. The highest BCUT2D eigenvalue weighted by Crippen LogP contribution is 2.29. The number of anilines is 1. The number of hydrogen-bond acceptors (Lipinski definition) is 4. The normalized spacial score (nSPS) is 22.7. The fraction of sp³-hybridized carbons (Fsp3) is 0.615. The van der Waals surface area contributed by atoms with Gasteiger partial charge in [0.1, 0.15) is 11.9 Å². The van der Waals surface area contributed by atoms with Crippen LogP contribution in [-0.2, 0) is 0 Å². The van der Waals surface area contributed by atoms with Gasteiger partial charge in [-0.25, -0.2) is 4.98 Å². The van der Waals surface area contributed by atoms with E-state index in [2.05, 4.69) is 10.3 Å². The summed E-state index contributed by atoms with van der Waals surface area (Å²) in [7, 11) is 0. The monoisotopic (exact) mass is 288 g/mol. The first-order chi connectivity index (χ1) is 9.41. The van der Waals surface area contributed by atoms with Crippen LogP contribution in [0.5, 0.6) is 0 Å². The summed E-state index contributed by atoms with van der Waals surface area (Å²) < 4.78 is 38.5. The summed E-state index contributed by atoms with van der Waals surface area (Å²) in [5.41, 5.74) is 6.57. The predicted octanol–water partition coefficient (Wildman–Crippen LogP) is 1.95. The number of piperazine rings is 1. The van der Waals surface area contributed by atoms with Gasteiger partial charge in [0.15, 0.2) is 0 Å². The van der Waals surface area contributed by atoms with E-state index < -0.39 is 12.2 Å². The summed E-state index contributed by atoms with van der Waals surface area (Å²) in [6.07, 6.45) is -1.89. The largest absolute Gasteiger partial charge is 0.405 e. The van der Waals surface area contributed by atoms with Gasteiger partial charge in [0.2, 0.25) is 0 Å². The first-order valence-corrected chi connectivity index (χ1v) is 6.67. The van der Waals surface area contributed by atoms with E-state index in [-0.39, 0.29) is 12.6 Å². The molecule has 2 unspecified atom stereocenters.